The Morgan fingerprint density at radius 3 is 1.33 bits per heavy atom. The number of nitrogens with zero attached hydrogens (tertiary/aromatic N) is 4. The molecular weight excluding hydrogens is 745 g/mol. The third-order valence-electron chi connectivity index (χ3n) is 8.73. The summed E-state index contributed by atoms with van der Waals surface area (Å²) in [6.07, 6.45) is 9.24. The first kappa shape index (κ1) is 38.5. The Morgan fingerprint density at radius 2 is 0.942 bits per heavy atom. The van der Waals surface area contributed by atoms with Crippen LogP contribution in [0.4, 0.5) is 11.4 Å². The molecule has 1 fully saturated rings. The topological polar surface area (TPSA) is 32.3 Å². The zero-order valence-corrected chi connectivity index (χ0v) is 33.4. The van der Waals surface area contributed by atoms with Crippen molar-refractivity contribution in [3.05, 3.63) is 203 Å². The molecule has 4 nitrogen and oxygen atoms in total. The van der Waals surface area contributed by atoms with Crippen LogP contribution in [0.25, 0.3) is 5.57 Å². The first-order valence-electron chi connectivity index (χ1n) is 17.5. The molecule has 1 saturated heterocycles. The Kier molecular flexibility index (Phi) is 14.2. The number of allylic oxidation sites excluding steroid dienone is 1. The average Bonchev–Trinajstić information content (AvgIpc) is 3.79. The van der Waals surface area contributed by atoms with E-state index < -0.39 is 0 Å². The maximum Gasteiger partial charge on any atom is 0.0267 e. The fourth-order valence-corrected chi connectivity index (χ4v) is 8.38. The fourth-order valence-electron chi connectivity index (χ4n) is 6.83. The van der Waals surface area contributed by atoms with Crippen molar-refractivity contribution in [3.8, 4) is 0 Å². The van der Waals surface area contributed by atoms with E-state index in [-0.39, 0.29) is 15.7 Å². The molecule has 6 heteroatoms. The van der Waals surface area contributed by atoms with Gasteiger partial charge in [-0.05, 0) is 88.1 Å². The first-order valence-corrected chi connectivity index (χ1v) is 20.6. The Bertz CT molecular complexity index is 1900. The molecule has 6 aromatic rings. The molecule has 4 aromatic carbocycles. The van der Waals surface area contributed by atoms with Crippen molar-refractivity contribution in [2.75, 3.05) is 22.9 Å². The summed E-state index contributed by atoms with van der Waals surface area (Å²) >= 11 is -0.218. The SMILES string of the molecule is Cc1cc(C)c(N2[CH-]N(c3c(C)cc(C)cc3C)CC2)c(C)c1.[Cl][Ru]=[C]1C=C(c2ccccc2)c2ccccc21.c1ccncc1.c1ccncc1. The smallest absolute Gasteiger partial charge is 0.0267 e. The average molecular weight is 792 g/mol. The summed E-state index contributed by atoms with van der Waals surface area (Å²) in [5.74, 6) is 0. The normalized spacial score (nSPS) is 13.7. The molecule has 0 N–H and O–H groups in total. The van der Waals surface area contributed by atoms with E-state index in [2.05, 4.69) is 147 Å². The van der Waals surface area contributed by atoms with Crippen molar-refractivity contribution in [1.82, 2.24) is 9.97 Å². The Hall–Kier alpha value is -4.70. The summed E-state index contributed by atoms with van der Waals surface area (Å²) in [5.41, 5.74) is 16.0. The number of hydrogen-bond acceptors (Lipinski definition) is 4. The van der Waals surface area contributed by atoms with Gasteiger partial charge >= 0.3 is 112 Å². The number of pyridine rings is 2. The minimum Gasteiger partial charge on any atom is -0.265 e. The third kappa shape index (κ3) is 10.2. The van der Waals surface area contributed by atoms with Crippen molar-refractivity contribution in [2.24, 2.45) is 0 Å². The summed E-state index contributed by atoms with van der Waals surface area (Å²) < 4.78 is 1.30. The molecule has 2 aromatic heterocycles. The number of anilines is 2. The van der Waals surface area contributed by atoms with Crippen LogP contribution in [0, 0.1) is 48.2 Å². The minimum atomic E-state index is -0.218. The maximum absolute atomic E-state index is 6.10. The molecule has 2 aliphatic rings. The van der Waals surface area contributed by atoms with Crippen molar-refractivity contribution >= 4 is 30.7 Å². The van der Waals surface area contributed by atoms with E-state index in [1.54, 1.807) is 24.8 Å². The number of aromatic nitrogens is 2. The molecule has 0 radical (unpaired) electrons. The predicted molar refractivity (Wildman–Crippen MR) is 219 cm³/mol. The molecule has 8 rings (SSSR count). The van der Waals surface area contributed by atoms with Gasteiger partial charge in [-0.25, -0.2) is 0 Å². The van der Waals surface area contributed by atoms with Crippen molar-refractivity contribution in [1.29, 1.82) is 0 Å². The van der Waals surface area contributed by atoms with Gasteiger partial charge in [-0.15, -0.1) is 0 Å². The van der Waals surface area contributed by atoms with Crippen LogP contribution in [-0.4, -0.2) is 27.2 Å². The Balaban J connectivity index is 0.000000155. The number of benzene rings is 4. The van der Waals surface area contributed by atoms with Gasteiger partial charge in [-0.3, -0.25) is 9.97 Å². The second-order valence-corrected chi connectivity index (χ2v) is 15.0. The Morgan fingerprint density at radius 1 is 0.538 bits per heavy atom. The van der Waals surface area contributed by atoms with Gasteiger partial charge in [0.2, 0.25) is 0 Å². The van der Waals surface area contributed by atoms with E-state index in [4.69, 9.17) is 9.69 Å². The standard InChI is InChI=1S/C21H27N2.C15H10.2C5H5N.ClH.Ru/c1-14-9-16(3)20(17(4)10-14)22-7-8-23(13-22)21-18(5)11-15(2)12-19(21)6;1-2-6-12(7-3-1)15-11-10-13-8-4-5-9-14(13)15;2*1-2-4-6-5-3-1;;/h9-13H,7-8H2,1-6H3;1-9,11H;2*1-5H;1H;/q-1;;;;;+1/p-1. The summed E-state index contributed by atoms with van der Waals surface area (Å²) in [5, 5.41) is 0. The van der Waals surface area contributed by atoms with Crippen LogP contribution in [0.2, 0.25) is 0 Å². The second kappa shape index (κ2) is 19.2. The molecule has 1 aliphatic heterocycles. The Labute approximate surface area is 322 Å². The summed E-state index contributed by atoms with van der Waals surface area (Å²) in [6, 6.07) is 39.5. The molecule has 3 heterocycles. The third-order valence-corrected chi connectivity index (χ3v) is 10.7. The minimum absolute atomic E-state index is 0.218. The van der Waals surface area contributed by atoms with E-state index >= 15 is 0 Å². The summed E-state index contributed by atoms with van der Waals surface area (Å²) in [6.45, 7) is 17.6. The molecule has 0 amide bonds. The molecule has 0 atom stereocenters. The van der Waals surface area contributed by atoms with Gasteiger partial charge in [0, 0.05) is 49.3 Å². The molecule has 1 aliphatic carbocycles. The van der Waals surface area contributed by atoms with Gasteiger partial charge in [0.25, 0.3) is 0 Å². The van der Waals surface area contributed by atoms with E-state index in [1.807, 2.05) is 42.5 Å². The van der Waals surface area contributed by atoms with Crippen LogP contribution < -0.4 is 9.80 Å². The van der Waals surface area contributed by atoms with Gasteiger partial charge in [-0.1, -0.05) is 47.5 Å². The molecule has 0 unspecified atom stereocenters. The second-order valence-electron chi connectivity index (χ2n) is 12.9. The predicted octanol–water partition coefficient (Wildman–Crippen LogP) is 11.0. The van der Waals surface area contributed by atoms with Crippen LogP contribution in [0.5, 0.6) is 0 Å². The number of fused-ring (bicyclic) bond motifs is 1. The number of halogens is 1. The summed E-state index contributed by atoms with van der Waals surface area (Å²) in [7, 11) is 6.10. The molecular formula is C46H47ClN4Ru-. The van der Waals surface area contributed by atoms with Crippen LogP contribution in [-0.2, 0) is 15.7 Å². The molecule has 0 spiro atoms. The van der Waals surface area contributed by atoms with Gasteiger partial charge < -0.3 is 9.80 Å². The summed E-state index contributed by atoms with van der Waals surface area (Å²) in [4.78, 5) is 12.4. The van der Waals surface area contributed by atoms with Crippen LogP contribution in [0.15, 0.2) is 146 Å². The zero-order valence-electron chi connectivity index (χ0n) is 30.9. The van der Waals surface area contributed by atoms with E-state index in [0.29, 0.717) is 0 Å². The molecule has 0 saturated carbocycles. The van der Waals surface area contributed by atoms with Gasteiger partial charge in [0.15, 0.2) is 0 Å². The largest absolute Gasteiger partial charge is 0.265 e. The van der Waals surface area contributed by atoms with E-state index in [1.165, 1.54) is 71.1 Å². The van der Waals surface area contributed by atoms with E-state index in [9.17, 15) is 0 Å². The molecule has 267 valence electrons. The number of aryl methyl sites for hydroxylation is 6. The van der Waals surface area contributed by atoms with Crippen LogP contribution >= 0.6 is 9.69 Å². The quantitative estimate of drug-likeness (QED) is 0.132. The van der Waals surface area contributed by atoms with Crippen molar-refractivity contribution < 1.29 is 15.7 Å². The zero-order chi connectivity index (χ0) is 36.9. The first-order chi connectivity index (χ1) is 25.3. The van der Waals surface area contributed by atoms with Gasteiger partial charge in [0.05, 0.1) is 0 Å². The van der Waals surface area contributed by atoms with Crippen LogP contribution in [0.3, 0.4) is 0 Å². The number of hydrogen-bond donors (Lipinski definition) is 0. The fraction of sp³-hybridized carbons (Fsp3) is 0.174. The van der Waals surface area contributed by atoms with Gasteiger partial charge in [-0.2, -0.15) is 6.67 Å². The van der Waals surface area contributed by atoms with Crippen LogP contribution in [0.1, 0.15) is 50.1 Å². The van der Waals surface area contributed by atoms with Gasteiger partial charge in [0.1, 0.15) is 0 Å². The number of rotatable bonds is 3. The maximum atomic E-state index is 6.10. The molecule has 0 bridgehead atoms. The van der Waals surface area contributed by atoms with Crippen molar-refractivity contribution in [2.45, 2.75) is 41.5 Å². The van der Waals surface area contributed by atoms with Crippen molar-refractivity contribution in [3.63, 3.8) is 0 Å². The molecule has 52 heavy (non-hydrogen) atoms. The monoisotopic (exact) mass is 792 g/mol. The van der Waals surface area contributed by atoms with E-state index in [0.717, 1.165) is 13.1 Å².